The van der Waals surface area contributed by atoms with Crippen LogP contribution in [0.3, 0.4) is 0 Å². The average molecular weight is 498 g/mol. The molecule has 182 valence electrons. The third-order valence-electron chi connectivity index (χ3n) is 7.21. The van der Waals surface area contributed by atoms with Crippen LogP contribution in [0.15, 0.2) is 42.5 Å². The van der Waals surface area contributed by atoms with E-state index in [1.807, 2.05) is 30.3 Å². The first kappa shape index (κ1) is 23.9. The highest BCUT2D eigenvalue weighted by Crippen LogP contribution is 2.52. The largest absolute Gasteiger partial charge is 0.482 e. The van der Waals surface area contributed by atoms with Crippen LogP contribution < -0.4 is 10.5 Å². The molecule has 0 radical (unpaired) electrons. The van der Waals surface area contributed by atoms with Crippen molar-refractivity contribution in [2.45, 2.75) is 50.2 Å². The standard InChI is InChI=1S/C28H26ClF2NO3/c29-26-20(30)13-22-19(14-28(35-22,10-4-5-11-32)18-6-2-1-3-7-18)25(26)24-17(15-33)12-16-8-9-21(34)23(16)27(24)31/h1-3,6-7,12-13,15,21,34H,4-5,8-11,14,32H2. The number of hydrogen-bond acceptors (Lipinski definition) is 4. The number of unbranched alkanes of at least 4 members (excludes halogenated alkanes) is 1. The Balaban J connectivity index is 1.72. The molecule has 2 atom stereocenters. The molecule has 0 saturated heterocycles. The minimum absolute atomic E-state index is 0.0744. The summed E-state index contributed by atoms with van der Waals surface area (Å²) in [5.41, 5.74) is 7.20. The van der Waals surface area contributed by atoms with E-state index in [0.717, 1.165) is 18.4 Å². The Morgan fingerprint density at radius 1 is 1.17 bits per heavy atom. The van der Waals surface area contributed by atoms with Gasteiger partial charge in [-0.2, -0.15) is 0 Å². The summed E-state index contributed by atoms with van der Waals surface area (Å²) in [5.74, 6) is -1.22. The van der Waals surface area contributed by atoms with Crippen LogP contribution >= 0.6 is 11.6 Å². The second-order valence-electron chi connectivity index (χ2n) is 9.31. The molecule has 5 rings (SSSR count). The Hall–Kier alpha value is -2.80. The van der Waals surface area contributed by atoms with Gasteiger partial charge in [0.2, 0.25) is 0 Å². The molecule has 4 nitrogen and oxygen atoms in total. The molecule has 1 heterocycles. The molecule has 2 aliphatic rings. The summed E-state index contributed by atoms with van der Waals surface area (Å²) in [6, 6.07) is 12.4. The second-order valence-corrected chi connectivity index (χ2v) is 9.69. The highest BCUT2D eigenvalue weighted by molar-refractivity contribution is 6.34. The fourth-order valence-corrected chi connectivity index (χ4v) is 5.80. The lowest BCUT2D eigenvalue weighted by atomic mass is 9.82. The molecular weight excluding hydrogens is 472 g/mol. The van der Waals surface area contributed by atoms with E-state index < -0.39 is 23.3 Å². The Kier molecular flexibility index (Phi) is 6.38. The highest BCUT2D eigenvalue weighted by Gasteiger charge is 2.44. The quantitative estimate of drug-likeness (QED) is 0.308. The van der Waals surface area contributed by atoms with Gasteiger partial charge in [-0.05, 0) is 55.8 Å². The fraction of sp³-hybridized carbons (Fsp3) is 0.321. The zero-order valence-corrected chi connectivity index (χ0v) is 19.9. The summed E-state index contributed by atoms with van der Waals surface area (Å²) >= 11 is 6.47. The van der Waals surface area contributed by atoms with Crippen molar-refractivity contribution in [3.63, 3.8) is 0 Å². The number of ether oxygens (including phenoxy) is 1. The molecule has 3 aromatic carbocycles. The maximum atomic E-state index is 15.9. The number of fused-ring (bicyclic) bond motifs is 2. The molecule has 3 aromatic rings. The molecule has 35 heavy (non-hydrogen) atoms. The zero-order valence-electron chi connectivity index (χ0n) is 19.1. The number of rotatable bonds is 7. The van der Waals surface area contributed by atoms with Gasteiger partial charge in [0.05, 0.1) is 11.1 Å². The van der Waals surface area contributed by atoms with Crippen molar-refractivity contribution in [1.29, 1.82) is 0 Å². The monoisotopic (exact) mass is 497 g/mol. The Labute approximate surface area is 207 Å². The molecule has 3 N–H and O–H groups in total. The van der Waals surface area contributed by atoms with E-state index in [0.29, 0.717) is 49.6 Å². The van der Waals surface area contributed by atoms with Gasteiger partial charge in [0.1, 0.15) is 23.0 Å². The van der Waals surface area contributed by atoms with Crippen LogP contribution in [0.2, 0.25) is 5.02 Å². The van der Waals surface area contributed by atoms with Gasteiger partial charge in [0.15, 0.2) is 6.29 Å². The number of nitrogens with two attached hydrogens (primary N) is 1. The Bertz CT molecular complexity index is 1300. The minimum Gasteiger partial charge on any atom is -0.482 e. The first-order valence-electron chi connectivity index (χ1n) is 11.8. The normalized spacial score (nSPS) is 20.4. The number of halogens is 3. The Morgan fingerprint density at radius 2 is 1.94 bits per heavy atom. The molecule has 0 fully saturated rings. The van der Waals surface area contributed by atoms with E-state index in [-0.39, 0.29) is 33.0 Å². The molecule has 0 spiro atoms. The van der Waals surface area contributed by atoms with Crippen molar-refractivity contribution in [2.75, 3.05) is 6.54 Å². The van der Waals surface area contributed by atoms with Gasteiger partial charge in [-0.1, -0.05) is 41.9 Å². The SMILES string of the molecule is NCCCCC1(c2ccccc2)Cc2c(cc(F)c(Cl)c2-c2c(C=O)cc3c(c2F)C(O)CC3)O1. The number of benzene rings is 3. The molecule has 0 amide bonds. The van der Waals surface area contributed by atoms with Crippen LogP contribution in [0.5, 0.6) is 5.75 Å². The number of aliphatic hydroxyl groups excluding tert-OH is 1. The second kappa shape index (κ2) is 9.34. The van der Waals surface area contributed by atoms with Crippen LogP contribution in [0.25, 0.3) is 11.1 Å². The van der Waals surface area contributed by atoms with Crippen molar-refractivity contribution in [2.24, 2.45) is 5.73 Å². The third-order valence-corrected chi connectivity index (χ3v) is 7.58. The smallest absolute Gasteiger partial charge is 0.150 e. The summed E-state index contributed by atoms with van der Waals surface area (Å²) in [6.07, 6.45) is 2.92. The van der Waals surface area contributed by atoms with E-state index in [1.165, 1.54) is 6.07 Å². The van der Waals surface area contributed by atoms with E-state index in [4.69, 9.17) is 22.1 Å². The maximum Gasteiger partial charge on any atom is 0.150 e. The predicted octanol–water partition coefficient (Wildman–Crippen LogP) is 6.04. The van der Waals surface area contributed by atoms with Gasteiger partial charge >= 0.3 is 0 Å². The summed E-state index contributed by atoms with van der Waals surface area (Å²) in [6.45, 7) is 0.537. The van der Waals surface area contributed by atoms with Crippen molar-refractivity contribution in [3.05, 3.63) is 86.9 Å². The highest BCUT2D eigenvalue weighted by atomic mass is 35.5. The van der Waals surface area contributed by atoms with Crippen LogP contribution in [0, 0.1) is 11.6 Å². The lowest BCUT2D eigenvalue weighted by molar-refractivity contribution is 0.0793. The molecular formula is C28H26ClF2NO3. The van der Waals surface area contributed by atoms with E-state index in [9.17, 15) is 9.90 Å². The molecule has 2 unspecified atom stereocenters. The van der Waals surface area contributed by atoms with Gasteiger partial charge in [-0.25, -0.2) is 8.78 Å². The topological polar surface area (TPSA) is 72.6 Å². The van der Waals surface area contributed by atoms with Gasteiger partial charge in [0.25, 0.3) is 0 Å². The number of hydrogen-bond donors (Lipinski definition) is 2. The van der Waals surface area contributed by atoms with Gasteiger partial charge in [0, 0.05) is 40.3 Å². The number of carbonyl (C=O) groups is 1. The predicted molar refractivity (Wildman–Crippen MR) is 131 cm³/mol. The summed E-state index contributed by atoms with van der Waals surface area (Å²) in [4.78, 5) is 12.0. The molecule has 1 aliphatic heterocycles. The zero-order chi connectivity index (χ0) is 24.7. The molecule has 0 saturated carbocycles. The van der Waals surface area contributed by atoms with E-state index >= 15 is 8.78 Å². The van der Waals surface area contributed by atoms with Crippen molar-refractivity contribution in [3.8, 4) is 16.9 Å². The van der Waals surface area contributed by atoms with Crippen molar-refractivity contribution >= 4 is 17.9 Å². The maximum absolute atomic E-state index is 15.9. The first-order chi connectivity index (χ1) is 16.9. The van der Waals surface area contributed by atoms with Gasteiger partial charge in [-0.3, -0.25) is 4.79 Å². The van der Waals surface area contributed by atoms with Crippen LogP contribution in [0.1, 0.15) is 64.4 Å². The van der Waals surface area contributed by atoms with Crippen LogP contribution in [-0.2, 0) is 18.4 Å². The molecule has 0 aromatic heterocycles. The Morgan fingerprint density at radius 3 is 2.66 bits per heavy atom. The number of aryl methyl sites for hydroxylation is 1. The van der Waals surface area contributed by atoms with Crippen LogP contribution in [0.4, 0.5) is 8.78 Å². The fourth-order valence-electron chi connectivity index (χ4n) is 5.53. The third kappa shape index (κ3) is 3.94. The first-order valence-corrected chi connectivity index (χ1v) is 12.2. The lowest BCUT2D eigenvalue weighted by Crippen LogP contribution is -2.31. The minimum atomic E-state index is -0.985. The number of aliphatic hydroxyl groups is 1. The van der Waals surface area contributed by atoms with Gasteiger partial charge in [-0.15, -0.1) is 0 Å². The van der Waals surface area contributed by atoms with Crippen LogP contribution in [-0.4, -0.2) is 17.9 Å². The summed E-state index contributed by atoms with van der Waals surface area (Å²) in [7, 11) is 0. The average Bonchev–Trinajstić information content (AvgIpc) is 3.42. The lowest BCUT2D eigenvalue weighted by Gasteiger charge is -2.29. The summed E-state index contributed by atoms with van der Waals surface area (Å²) < 4.78 is 37.5. The van der Waals surface area contributed by atoms with Gasteiger partial charge < -0.3 is 15.6 Å². The summed E-state index contributed by atoms with van der Waals surface area (Å²) in [5, 5.41) is 10.1. The number of carbonyl (C=O) groups excluding carboxylic acids is 1. The van der Waals surface area contributed by atoms with E-state index in [1.54, 1.807) is 6.07 Å². The number of aldehydes is 1. The molecule has 0 bridgehead atoms. The van der Waals surface area contributed by atoms with Crippen molar-refractivity contribution in [1.82, 2.24) is 0 Å². The molecule has 7 heteroatoms. The molecule has 1 aliphatic carbocycles. The van der Waals surface area contributed by atoms with Crippen molar-refractivity contribution < 1.29 is 23.4 Å². The van der Waals surface area contributed by atoms with E-state index in [2.05, 4.69) is 0 Å².